The fourth-order valence-corrected chi connectivity index (χ4v) is 3.51. The Labute approximate surface area is 138 Å². The van der Waals surface area contributed by atoms with Crippen molar-refractivity contribution in [1.29, 1.82) is 0 Å². The van der Waals surface area contributed by atoms with Gasteiger partial charge in [-0.1, -0.05) is 11.1 Å². The highest BCUT2D eigenvalue weighted by Crippen LogP contribution is 2.33. The molecule has 1 aliphatic rings. The Morgan fingerprint density at radius 2 is 1.70 bits per heavy atom. The molecule has 0 unspecified atom stereocenters. The summed E-state index contributed by atoms with van der Waals surface area (Å²) in [5, 5.41) is 13.1. The molecule has 0 saturated heterocycles. The molecule has 0 aliphatic heterocycles. The number of carbonyl (C=O) groups is 3. The Hall–Kier alpha value is -2.15. The van der Waals surface area contributed by atoms with Gasteiger partial charge in [-0.25, -0.2) is 0 Å². The number of carboxylic acid groups (broad SMARTS) is 1. The van der Waals surface area contributed by atoms with Crippen molar-refractivity contribution in [2.75, 3.05) is 0 Å². The lowest BCUT2D eigenvalue weighted by atomic mass is 9.76. The molecule has 1 aromatic heterocycles. The van der Waals surface area contributed by atoms with E-state index in [1.54, 1.807) is 12.3 Å². The highest BCUT2D eigenvalue weighted by atomic mass is 32.1. The minimum Gasteiger partial charge on any atom is -0.550 e. The van der Waals surface area contributed by atoms with Crippen molar-refractivity contribution in [3.05, 3.63) is 33.0 Å². The number of aliphatic carboxylic acids is 1. The lowest BCUT2D eigenvalue weighted by Crippen LogP contribution is -2.49. The second kappa shape index (κ2) is 6.95. The van der Waals surface area contributed by atoms with E-state index < -0.39 is 29.6 Å². The Kier molecular flexibility index (Phi) is 5.20. The van der Waals surface area contributed by atoms with Crippen LogP contribution in [0.15, 0.2) is 22.6 Å². The van der Waals surface area contributed by atoms with Gasteiger partial charge in [-0.2, -0.15) is 0 Å². The highest BCUT2D eigenvalue weighted by molar-refractivity contribution is 7.12. The molecule has 2 rings (SSSR count). The number of hydrazine groups is 1. The van der Waals surface area contributed by atoms with Crippen molar-refractivity contribution < 1.29 is 19.5 Å². The topological polar surface area (TPSA) is 98.3 Å². The summed E-state index contributed by atoms with van der Waals surface area (Å²) in [5.41, 5.74) is 7.49. The SMILES string of the molecule is CC1=C(C)C[C@@H](C(=O)NNC(=O)c2sccc2C)[C@H](C(=O)[O-])C1. The average Bonchev–Trinajstić information content (AvgIpc) is 2.92. The predicted molar refractivity (Wildman–Crippen MR) is 84.3 cm³/mol. The van der Waals surface area contributed by atoms with E-state index >= 15 is 0 Å². The molecule has 0 spiro atoms. The maximum atomic E-state index is 12.3. The molecule has 1 aliphatic carbocycles. The number of hydrogen-bond acceptors (Lipinski definition) is 5. The van der Waals surface area contributed by atoms with Gasteiger partial charge in [0.05, 0.1) is 10.8 Å². The maximum absolute atomic E-state index is 12.3. The van der Waals surface area contributed by atoms with Crippen LogP contribution < -0.4 is 16.0 Å². The molecule has 0 saturated carbocycles. The first kappa shape index (κ1) is 17.2. The predicted octanol–water partition coefficient (Wildman–Crippen LogP) is 0.930. The molecular formula is C16H19N2O4S-. The van der Waals surface area contributed by atoms with Gasteiger partial charge in [0, 0.05) is 11.9 Å². The van der Waals surface area contributed by atoms with Gasteiger partial charge in [0.25, 0.3) is 5.91 Å². The van der Waals surface area contributed by atoms with Crippen molar-refractivity contribution in [3.8, 4) is 0 Å². The molecule has 2 amide bonds. The van der Waals surface area contributed by atoms with Gasteiger partial charge in [-0.3, -0.25) is 20.4 Å². The summed E-state index contributed by atoms with van der Waals surface area (Å²) in [4.78, 5) is 36.1. The van der Waals surface area contributed by atoms with Crippen LogP contribution in [0, 0.1) is 18.8 Å². The molecule has 1 heterocycles. The minimum atomic E-state index is -1.24. The molecule has 124 valence electrons. The monoisotopic (exact) mass is 335 g/mol. The van der Waals surface area contributed by atoms with E-state index in [2.05, 4.69) is 10.9 Å². The van der Waals surface area contributed by atoms with Crippen molar-refractivity contribution in [2.45, 2.75) is 33.6 Å². The van der Waals surface area contributed by atoms with Crippen molar-refractivity contribution in [3.63, 3.8) is 0 Å². The Balaban J connectivity index is 2.03. The average molecular weight is 335 g/mol. The zero-order chi connectivity index (χ0) is 17.1. The van der Waals surface area contributed by atoms with Crippen LogP contribution in [0.3, 0.4) is 0 Å². The first-order chi connectivity index (χ1) is 10.8. The molecule has 0 aromatic carbocycles. The van der Waals surface area contributed by atoms with Crippen LogP contribution in [0.1, 0.15) is 41.9 Å². The normalized spacial score (nSPS) is 21.0. The van der Waals surface area contributed by atoms with Crippen LogP contribution in [-0.2, 0) is 9.59 Å². The Bertz CT molecular complexity index is 677. The highest BCUT2D eigenvalue weighted by Gasteiger charge is 2.33. The number of hydrogen-bond donors (Lipinski definition) is 2. The molecule has 6 nitrogen and oxygen atoms in total. The van der Waals surface area contributed by atoms with Crippen molar-refractivity contribution in [2.24, 2.45) is 11.8 Å². The summed E-state index contributed by atoms with van der Waals surface area (Å²) in [6.45, 7) is 5.55. The van der Waals surface area contributed by atoms with Crippen LogP contribution in [0.5, 0.6) is 0 Å². The minimum absolute atomic E-state index is 0.296. The molecule has 0 fully saturated rings. The standard InChI is InChI=1S/C16H20N2O4S/c1-8-4-5-23-13(8)15(20)18-17-14(19)11-6-9(2)10(3)7-12(11)16(21)22/h4-5,11-12H,6-7H2,1-3H3,(H,17,19)(H,18,20)(H,21,22)/p-1/t11-,12-/m1/s1. The van der Waals surface area contributed by atoms with Gasteiger partial charge < -0.3 is 9.90 Å². The molecule has 2 atom stereocenters. The van der Waals surface area contributed by atoms with Gasteiger partial charge in [0.15, 0.2) is 0 Å². The molecule has 0 radical (unpaired) electrons. The second-order valence-corrected chi connectivity index (χ2v) is 6.79. The summed E-state index contributed by atoms with van der Waals surface area (Å²) in [6.07, 6.45) is 0.647. The Morgan fingerprint density at radius 3 is 2.22 bits per heavy atom. The van der Waals surface area contributed by atoms with E-state index in [0.717, 1.165) is 16.7 Å². The molecule has 2 N–H and O–H groups in total. The molecular weight excluding hydrogens is 316 g/mol. The largest absolute Gasteiger partial charge is 0.550 e. The summed E-state index contributed by atoms with van der Waals surface area (Å²) in [7, 11) is 0. The number of aryl methyl sites for hydroxylation is 1. The molecule has 0 bridgehead atoms. The van der Waals surface area contributed by atoms with Gasteiger partial charge in [0.1, 0.15) is 0 Å². The third-order valence-electron chi connectivity index (χ3n) is 4.27. The van der Waals surface area contributed by atoms with Gasteiger partial charge >= 0.3 is 0 Å². The summed E-state index contributed by atoms with van der Waals surface area (Å²) < 4.78 is 0. The van der Waals surface area contributed by atoms with E-state index in [0.29, 0.717) is 17.7 Å². The van der Waals surface area contributed by atoms with Gasteiger partial charge in [-0.15, -0.1) is 11.3 Å². The summed E-state index contributed by atoms with van der Waals surface area (Å²) >= 11 is 1.28. The van der Waals surface area contributed by atoms with Gasteiger partial charge in [-0.05, 0) is 50.6 Å². The zero-order valence-corrected chi connectivity index (χ0v) is 14.1. The second-order valence-electron chi connectivity index (χ2n) is 5.88. The molecule has 23 heavy (non-hydrogen) atoms. The number of thiophene rings is 1. The fraction of sp³-hybridized carbons (Fsp3) is 0.438. The van der Waals surface area contributed by atoms with Crippen LogP contribution in [-0.4, -0.2) is 17.8 Å². The number of allylic oxidation sites excluding steroid dienone is 2. The maximum Gasteiger partial charge on any atom is 0.280 e. The third kappa shape index (κ3) is 3.79. The van der Waals surface area contributed by atoms with E-state index in [-0.39, 0.29) is 0 Å². The zero-order valence-electron chi connectivity index (χ0n) is 13.3. The van der Waals surface area contributed by atoms with Gasteiger partial charge in [0.2, 0.25) is 5.91 Å². The molecule has 1 aromatic rings. The first-order valence-electron chi connectivity index (χ1n) is 7.31. The summed E-state index contributed by atoms with van der Waals surface area (Å²) in [5.74, 6) is -3.77. The third-order valence-corrected chi connectivity index (χ3v) is 5.29. The lowest BCUT2D eigenvalue weighted by Gasteiger charge is -2.32. The van der Waals surface area contributed by atoms with Crippen LogP contribution in [0.25, 0.3) is 0 Å². The number of carbonyl (C=O) groups excluding carboxylic acids is 3. The van der Waals surface area contributed by atoms with Crippen LogP contribution in [0.2, 0.25) is 0 Å². The fourth-order valence-electron chi connectivity index (χ4n) is 2.69. The van der Waals surface area contributed by atoms with E-state index in [4.69, 9.17) is 0 Å². The van der Waals surface area contributed by atoms with Crippen molar-refractivity contribution in [1.82, 2.24) is 10.9 Å². The smallest absolute Gasteiger partial charge is 0.280 e. The number of nitrogens with one attached hydrogen (secondary N) is 2. The van der Waals surface area contributed by atoms with E-state index in [1.165, 1.54) is 11.3 Å². The van der Waals surface area contributed by atoms with E-state index in [1.807, 2.05) is 19.9 Å². The van der Waals surface area contributed by atoms with Crippen LogP contribution >= 0.6 is 11.3 Å². The van der Waals surface area contributed by atoms with Crippen molar-refractivity contribution >= 4 is 29.1 Å². The number of amides is 2. The molecule has 7 heteroatoms. The van der Waals surface area contributed by atoms with E-state index in [9.17, 15) is 19.5 Å². The first-order valence-corrected chi connectivity index (χ1v) is 8.19. The number of rotatable bonds is 3. The van der Waals surface area contributed by atoms with Crippen LogP contribution in [0.4, 0.5) is 0 Å². The quantitative estimate of drug-likeness (QED) is 0.634. The summed E-state index contributed by atoms with van der Waals surface area (Å²) in [6, 6.07) is 1.81. The lowest BCUT2D eigenvalue weighted by molar-refractivity contribution is -0.313. The Morgan fingerprint density at radius 1 is 1.09 bits per heavy atom. The number of carboxylic acids is 1.